The van der Waals surface area contributed by atoms with E-state index in [-0.39, 0.29) is 5.91 Å². The van der Waals surface area contributed by atoms with Gasteiger partial charge in [0, 0.05) is 16.7 Å². The van der Waals surface area contributed by atoms with E-state index in [1.54, 1.807) is 31.2 Å². The van der Waals surface area contributed by atoms with Crippen LogP contribution in [0.2, 0.25) is 5.02 Å². The van der Waals surface area contributed by atoms with Gasteiger partial charge in [-0.2, -0.15) is 15.6 Å². The van der Waals surface area contributed by atoms with Crippen LogP contribution in [0.3, 0.4) is 0 Å². The van der Waals surface area contributed by atoms with Crippen molar-refractivity contribution >= 4 is 23.2 Å². The van der Waals surface area contributed by atoms with Crippen LogP contribution in [0.4, 0.5) is 0 Å². The first kappa shape index (κ1) is 18.6. The summed E-state index contributed by atoms with van der Waals surface area (Å²) in [6.07, 6.45) is 0. The van der Waals surface area contributed by atoms with Gasteiger partial charge in [0.2, 0.25) is 0 Å². The molecular weight excluding hydrogens is 360 g/mol. The van der Waals surface area contributed by atoms with Crippen LogP contribution in [0.1, 0.15) is 24.0 Å². The van der Waals surface area contributed by atoms with Crippen molar-refractivity contribution in [3.8, 4) is 12.1 Å². The second-order valence-corrected chi connectivity index (χ2v) is 6.85. The van der Waals surface area contributed by atoms with Gasteiger partial charge in [0.25, 0.3) is 5.91 Å². The highest BCUT2D eigenvalue weighted by atomic mass is 35.5. The molecule has 2 aromatic rings. The van der Waals surface area contributed by atoms with Crippen molar-refractivity contribution in [2.24, 2.45) is 16.9 Å². The molecule has 1 amide bonds. The van der Waals surface area contributed by atoms with Gasteiger partial charge in [-0.15, -0.1) is 0 Å². The Morgan fingerprint density at radius 2 is 1.74 bits per heavy atom. The maximum absolute atomic E-state index is 13.1. The summed E-state index contributed by atoms with van der Waals surface area (Å²) < 4.78 is 0. The minimum atomic E-state index is -0.970. The predicted molar refractivity (Wildman–Crippen MR) is 103 cm³/mol. The molecule has 6 heteroatoms. The van der Waals surface area contributed by atoms with Gasteiger partial charge < -0.3 is 0 Å². The monoisotopic (exact) mass is 376 g/mol. The maximum atomic E-state index is 13.1. The number of hydrogen-bond acceptors (Lipinski definition) is 4. The van der Waals surface area contributed by atoms with E-state index in [4.69, 9.17) is 11.6 Å². The lowest BCUT2D eigenvalue weighted by Crippen LogP contribution is -2.34. The minimum absolute atomic E-state index is 0.202. The van der Waals surface area contributed by atoms with Gasteiger partial charge >= 0.3 is 0 Å². The van der Waals surface area contributed by atoms with E-state index in [2.05, 4.69) is 5.10 Å². The number of carbonyl (C=O) groups excluding carboxylic acids is 1. The molecule has 2 unspecified atom stereocenters. The van der Waals surface area contributed by atoms with Crippen LogP contribution in [-0.4, -0.2) is 16.6 Å². The van der Waals surface area contributed by atoms with Gasteiger partial charge in [0.05, 0.1) is 24.6 Å². The Morgan fingerprint density at radius 1 is 1.11 bits per heavy atom. The van der Waals surface area contributed by atoms with Crippen LogP contribution in [0.5, 0.6) is 0 Å². The third kappa shape index (κ3) is 3.84. The average molecular weight is 377 g/mol. The Labute approximate surface area is 163 Å². The average Bonchev–Trinajstić information content (AvgIpc) is 2.95. The van der Waals surface area contributed by atoms with Crippen LogP contribution in [-0.2, 0) is 11.3 Å². The highest BCUT2D eigenvalue weighted by Gasteiger charge is 2.43. The number of rotatable bonds is 5. The molecule has 0 aliphatic carbocycles. The lowest BCUT2D eigenvalue weighted by atomic mass is 9.76. The molecule has 0 fully saturated rings. The quantitative estimate of drug-likeness (QED) is 0.787. The van der Waals surface area contributed by atoms with E-state index in [0.717, 1.165) is 11.1 Å². The van der Waals surface area contributed by atoms with Crippen LogP contribution in [0.15, 0.2) is 59.7 Å². The van der Waals surface area contributed by atoms with Gasteiger partial charge in [-0.25, -0.2) is 5.01 Å². The zero-order chi connectivity index (χ0) is 19.4. The fourth-order valence-corrected chi connectivity index (χ4v) is 3.50. The first-order chi connectivity index (χ1) is 13.0. The second-order valence-electron chi connectivity index (χ2n) is 6.41. The Hall–Kier alpha value is -3.15. The van der Waals surface area contributed by atoms with Crippen molar-refractivity contribution < 1.29 is 4.79 Å². The molecule has 134 valence electrons. The van der Waals surface area contributed by atoms with E-state index in [1.807, 2.05) is 42.5 Å². The zero-order valence-electron chi connectivity index (χ0n) is 14.7. The summed E-state index contributed by atoms with van der Waals surface area (Å²) in [5.74, 6) is -2.43. The SMILES string of the molecule is CC1=NN(Cc2ccccc2)C(=O)C1C(c1ccc(Cl)cc1)C(C#N)C#N. The number of benzene rings is 2. The van der Waals surface area contributed by atoms with Crippen molar-refractivity contribution in [1.29, 1.82) is 10.5 Å². The van der Waals surface area contributed by atoms with E-state index in [1.165, 1.54) is 5.01 Å². The van der Waals surface area contributed by atoms with E-state index in [0.29, 0.717) is 17.3 Å². The highest BCUT2D eigenvalue weighted by Crippen LogP contribution is 2.37. The van der Waals surface area contributed by atoms with Crippen LogP contribution < -0.4 is 0 Å². The number of amides is 1. The summed E-state index contributed by atoms with van der Waals surface area (Å²) in [5.41, 5.74) is 2.29. The van der Waals surface area contributed by atoms with Crippen molar-refractivity contribution in [2.75, 3.05) is 0 Å². The molecule has 0 aromatic heterocycles. The summed E-state index contributed by atoms with van der Waals surface area (Å²) in [7, 11) is 0. The van der Waals surface area contributed by atoms with Gasteiger partial charge in [-0.1, -0.05) is 54.1 Å². The summed E-state index contributed by atoms with van der Waals surface area (Å²) >= 11 is 5.97. The van der Waals surface area contributed by atoms with Crippen molar-refractivity contribution in [2.45, 2.75) is 19.4 Å². The minimum Gasteiger partial charge on any atom is -0.272 e. The Bertz CT molecular complexity index is 927. The van der Waals surface area contributed by atoms with E-state index >= 15 is 0 Å². The zero-order valence-corrected chi connectivity index (χ0v) is 15.5. The summed E-state index contributed by atoms with van der Waals surface area (Å²) in [6, 6.07) is 20.5. The molecule has 5 nitrogen and oxygen atoms in total. The molecule has 2 aromatic carbocycles. The number of nitriles is 2. The number of halogens is 1. The van der Waals surface area contributed by atoms with E-state index < -0.39 is 17.8 Å². The molecule has 0 radical (unpaired) electrons. The third-order valence-electron chi connectivity index (χ3n) is 4.68. The highest BCUT2D eigenvalue weighted by molar-refractivity contribution is 6.30. The first-order valence-corrected chi connectivity index (χ1v) is 8.88. The molecular formula is C21H17ClN4O. The standard InChI is InChI=1S/C21H17ClN4O/c1-14-19(21(27)26(25-14)13-15-5-3-2-4-6-15)20(17(11-23)12-24)16-7-9-18(22)10-8-16/h2-10,17,19-20H,13H2,1H3. The summed E-state index contributed by atoms with van der Waals surface area (Å²) in [6.45, 7) is 2.12. The molecule has 1 aliphatic rings. The molecule has 0 spiro atoms. The van der Waals surface area contributed by atoms with Gasteiger partial charge in [0.15, 0.2) is 0 Å². The fourth-order valence-electron chi connectivity index (χ4n) is 3.38. The Balaban J connectivity index is 1.94. The lowest BCUT2D eigenvalue weighted by molar-refractivity contribution is -0.133. The van der Waals surface area contributed by atoms with Crippen LogP contribution in [0.25, 0.3) is 0 Å². The topological polar surface area (TPSA) is 80.2 Å². The van der Waals surface area contributed by atoms with Crippen molar-refractivity contribution in [3.63, 3.8) is 0 Å². The van der Waals surface area contributed by atoms with Gasteiger partial charge in [0.1, 0.15) is 5.92 Å². The number of hydrogen-bond donors (Lipinski definition) is 0. The number of hydrazone groups is 1. The van der Waals surface area contributed by atoms with Crippen LogP contribution >= 0.6 is 11.6 Å². The summed E-state index contributed by atoms with van der Waals surface area (Å²) in [5, 5.41) is 25.4. The summed E-state index contributed by atoms with van der Waals surface area (Å²) in [4.78, 5) is 13.1. The second kappa shape index (κ2) is 8.03. The van der Waals surface area contributed by atoms with Crippen molar-refractivity contribution in [1.82, 2.24) is 5.01 Å². The Morgan fingerprint density at radius 3 is 2.33 bits per heavy atom. The van der Waals surface area contributed by atoms with E-state index in [9.17, 15) is 15.3 Å². The normalized spacial score (nSPS) is 17.4. The maximum Gasteiger partial charge on any atom is 0.252 e. The number of nitrogens with zero attached hydrogens (tertiary/aromatic N) is 4. The lowest BCUT2D eigenvalue weighted by Gasteiger charge is -2.24. The molecule has 3 rings (SSSR count). The molecule has 1 aliphatic heterocycles. The molecule has 27 heavy (non-hydrogen) atoms. The van der Waals surface area contributed by atoms with Crippen LogP contribution in [0, 0.1) is 34.5 Å². The fraction of sp³-hybridized carbons (Fsp3) is 0.238. The Kier molecular flexibility index (Phi) is 5.54. The smallest absolute Gasteiger partial charge is 0.252 e. The van der Waals surface area contributed by atoms with Gasteiger partial charge in [-0.3, -0.25) is 4.79 Å². The largest absolute Gasteiger partial charge is 0.272 e. The molecule has 0 bridgehead atoms. The van der Waals surface area contributed by atoms with Gasteiger partial charge in [-0.05, 0) is 30.2 Å². The first-order valence-electron chi connectivity index (χ1n) is 8.50. The third-order valence-corrected chi connectivity index (χ3v) is 4.93. The van der Waals surface area contributed by atoms with Crippen molar-refractivity contribution in [3.05, 3.63) is 70.7 Å². The molecule has 0 saturated heterocycles. The molecule has 0 saturated carbocycles. The molecule has 2 atom stereocenters. The molecule has 1 heterocycles. The predicted octanol–water partition coefficient (Wildman–Crippen LogP) is 4.12. The number of carbonyl (C=O) groups is 1. The molecule has 0 N–H and O–H groups in total.